The second kappa shape index (κ2) is 11.2. The summed E-state index contributed by atoms with van der Waals surface area (Å²) in [5.41, 5.74) is 0. The Morgan fingerprint density at radius 3 is 2.27 bits per heavy atom. The van der Waals surface area contributed by atoms with E-state index in [-0.39, 0.29) is 5.78 Å². The number of carbonyl (C=O) groups is 1. The molecule has 0 radical (unpaired) electrons. The highest BCUT2D eigenvalue weighted by Crippen LogP contribution is 2.03. The van der Waals surface area contributed by atoms with Crippen molar-refractivity contribution in [1.29, 1.82) is 0 Å². The van der Waals surface area contributed by atoms with E-state index in [9.17, 15) is 4.79 Å². The molecule has 86 valence electrons. The quantitative estimate of drug-likeness (QED) is 0.311. The van der Waals surface area contributed by atoms with E-state index in [0.717, 1.165) is 12.8 Å². The summed E-state index contributed by atoms with van der Waals surface area (Å²) >= 11 is 0. The Balaban J connectivity index is 3.21. The Morgan fingerprint density at radius 1 is 0.933 bits per heavy atom. The van der Waals surface area contributed by atoms with Crippen molar-refractivity contribution in [2.45, 2.75) is 58.8 Å². The Hall–Kier alpha value is -0.850. The Kier molecular flexibility index (Phi) is 10.6. The number of hydrogen-bond acceptors (Lipinski definition) is 1. The van der Waals surface area contributed by atoms with Crippen molar-refractivity contribution in [3.8, 4) is 0 Å². The number of rotatable bonds is 9. The lowest BCUT2D eigenvalue weighted by Gasteiger charge is -1.93. The highest BCUT2D eigenvalue weighted by molar-refractivity contribution is 5.87. The molecule has 0 amide bonds. The van der Waals surface area contributed by atoms with Gasteiger partial charge in [-0.05, 0) is 38.7 Å². The molecule has 0 aromatic heterocycles. The first-order chi connectivity index (χ1) is 7.27. The normalized spacial score (nSPS) is 11.6. The van der Waals surface area contributed by atoms with E-state index in [1.807, 2.05) is 6.08 Å². The van der Waals surface area contributed by atoms with Crippen LogP contribution in [0.2, 0.25) is 0 Å². The van der Waals surface area contributed by atoms with Gasteiger partial charge in [0.25, 0.3) is 0 Å². The van der Waals surface area contributed by atoms with Crippen LogP contribution in [0.15, 0.2) is 24.3 Å². The molecule has 0 aromatic rings. The van der Waals surface area contributed by atoms with Gasteiger partial charge in [0.2, 0.25) is 0 Å². The fourth-order valence-electron chi connectivity index (χ4n) is 1.37. The summed E-state index contributed by atoms with van der Waals surface area (Å²) in [7, 11) is 0. The maximum Gasteiger partial charge on any atom is 0.152 e. The van der Waals surface area contributed by atoms with E-state index in [2.05, 4.69) is 19.1 Å². The molecular weight excluding hydrogens is 184 g/mol. The van der Waals surface area contributed by atoms with Gasteiger partial charge in [0.05, 0.1) is 0 Å². The van der Waals surface area contributed by atoms with Crippen molar-refractivity contribution in [2.24, 2.45) is 0 Å². The average Bonchev–Trinajstić information content (AvgIpc) is 2.20. The summed E-state index contributed by atoms with van der Waals surface area (Å²) in [5, 5.41) is 0. The van der Waals surface area contributed by atoms with Gasteiger partial charge in [0.1, 0.15) is 0 Å². The maximum absolute atomic E-state index is 10.6. The number of unbranched alkanes of at least 4 members (excludes halogenated alkanes) is 5. The molecule has 1 nitrogen and oxygen atoms in total. The van der Waals surface area contributed by atoms with Crippen LogP contribution in [-0.4, -0.2) is 5.78 Å². The molecule has 0 fully saturated rings. The maximum atomic E-state index is 10.6. The van der Waals surface area contributed by atoms with Crippen LogP contribution < -0.4 is 0 Å². The van der Waals surface area contributed by atoms with Gasteiger partial charge in [0.15, 0.2) is 5.78 Å². The number of ketones is 1. The first-order valence-electron chi connectivity index (χ1n) is 6.09. The first-order valence-corrected chi connectivity index (χ1v) is 6.09. The fraction of sp³-hybridized carbons (Fsp3) is 0.643. The third kappa shape index (κ3) is 13.2. The molecule has 1 heteroatoms. The molecule has 0 bridgehead atoms. The minimum absolute atomic E-state index is 0.138. The Bertz CT molecular complexity index is 201. The first kappa shape index (κ1) is 14.2. The van der Waals surface area contributed by atoms with E-state index in [4.69, 9.17) is 0 Å². The Labute approximate surface area is 94.3 Å². The predicted octanol–water partition coefficient (Wildman–Crippen LogP) is 4.44. The lowest BCUT2D eigenvalue weighted by molar-refractivity contribution is -0.112. The fourth-order valence-corrected chi connectivity index (χ4v) is 1.37. The molecule has 0 rings (SSSR count). The van der Waals surface area contributed by atoms with E-state index < -0.39 is 0 Å². The van der Waals surface area contributed by atoms with E-state index in [1.165, 1.54) is 32.1 Å². The van der Waals surface area contributed by atoms with Crippen LogP contribution in [0.4, 0.5) is 0 Å². The summed E-state index contributed by atoms with van der Waals surface area (Å²) in [4.78, 5) is 10.6. The Morgan fingerprint density at radius 2 is 1.60 bits per heavy atom. The molecule has 0 spiro atoms. The van der Waals surface area contributed by atoms with Crippen LogP contribution in [0.25, 0.3) is 0 Å². The molecule has 15 heavy (non-hydrogen) atoms. The molecule has 0 saturated carbocycles. The van der Waals surface area contributed by atoms with Crippen LogP contribution in [-0.2, 0) is 4.79 Å². The van der Waals surface area contributed by atoms with Crippen molar-refractivity contribution in [3.05, 3.63) is 24.3 Å². The SMILES string of the molecule is CCCCCC/C=C/CC/C=C/C(C)=O. The minimum atomic E-state index is 0.138. The van der Waals surface area contributed by atoms with Gasteiger partial charge in [0, 0.05) is 0 Å². The number of hydrogen-bond donors (Lipinski definition) is 0. The standard InChI is InChI=1S/C14H24O/c1-3-4-5-6-7-8-9-10-11-12-13-14(2)15/h8-9,12-13H,3-7,10-11H2,1-2H3/b9-8+,13-12+. The van der Waals surface area contributed by atoms with Gasteiger partial charge < -0.3 is 0 Å². The van der Waals surface area contributed by atoms with E-state index in [0.29, 0.717) is 0 Å². The largest absolute Gasteiger partial charge is 0.295 e. The number of allylic oxidation sites excluding steroid dienone is 4. The van der Waals surface area contributed by atoms with Crippen LogP contribution in [0.3, 0.4) is 0 Å². The van der Waals surface area contributed by atoms with Crippen molar-refractivity contribution < 1.29 is 4.79 Å². The van der Waals surface area contributed by atoms with Crippen molar-refractivity contribution >= 4 is 5.78 Å². The van der Waals surface area contributed by atoms with Gasteiger partial charge in [-0.2, -0.15) is 0 Å². The van der Waals surface area contributed by atoms with E-state index >= 15 is 0 Å². The topological polar surface area (TPSA) is 17.1 Å². The van der Waals surface area contributed by atoms with Gasteiger partial charge in [-0.25, -0.2) is 0 Å². The monoisotopic (exact) mass is 208 g/mol. The third-order valence-corrected chi connectivity index (χ3v) is 2.24. The lowest BCUT2D eigenvalue weighted by Crippen LogP contribution is -1.79. The third-order valence-electron chi connectivity index (χ3n) is 2.24. The summed E-state index contributed by atoms with van der Waals surface area (Å²) in [5.74, 6) is 0.138. The second-order valence-electron chi connectivity index (χ2n) is 3.91. The molecule has 0 saturated heterocycles. The molecule has 0 aromatic carbocycles. The second-order valence-corrected chi connectivity index (χ2v) is 3.91. The molecule has 0 aliphatic heterocycles. The highest BCUT2D eigenvalue weighted by Gasteiger charge is 1.84. The molecule has 0 unspecified atom stereocenters. The summed E-state index contributed by atoms with van der Waals surface area (Å²) in [6.45, 7) is 3.82. The molecule has 0 atom stereocenters. The van der Waals surface area contributed by atoms with Gasteiger partial charge in [-0.3, -0.25) is 4.79 Å². The predicted molar refractivity (Wildman–Crippen MR) is 67.0 cm³/mol. The van der Waals surface area contributed by atoms with Crippen LogP contribution >= 0.6 is 0 Å². The highest BCUT2D eigenvalue weighted by atomic mass is 16.1. The van der Waals surface area contributed by atoms with Crippen LogP contribution in [0.5, 0.6) is 0 Å². The zero-order valence-corrected chi connectivity index (χ0v) is 10.2. The molecular formula is C14H24O. The molecule has 0 heterocycles. The smallest absolute Gasteiger partial charge is 0.152 e. The van der Waals surface area contributed by atoms with E-state index in [1.54, 1.807) is 13.0 Å². The molecule has 0 aliphatic rings. The van der Waals surface area contributed by atoms with Gasteiger partial charge >= 0.3 is 0 Å². The van der Waals surface area contributed by atoms with Gasteiger partial charge in [-0.1, -0.05) is 44.4 Å². The molecule has 0 N–H and O–H groups in total. The average molecular weight is 208 g/mol. The van der Waals surface area contributed by atoms with Crippen LogP contribution in [0, 0.1) is 0 Å². The van der Waals surface area contributed by atoms with Gasteiger partial charge in [-0.15, -0.1) is 0 Å². The van der Waals surface area contributed by atoms with Crippen molar-refractivity contribution in [3.63, 3.8) is 0 Å². The van der Waals surface area contributed by atoms with Crippen LogP contribution in [0.1, 0.15) is 58.8 Å². The zero-order chi connectivity index (χ0) is 11.4. The lowest BCUT2D eigenvalue weighted by atomic mass is 10.1. The summed E-state index contributed by atoms with van der Waals surface area (Å²) < 4.78 is 0. The number of carbonyl (C=O) groups excluding carboxylic acids is 1. The minimum Gasteiger partial charge on any atom is -0.295 e. The van der Waals surface area contributed by atoms with Crippen molar-refractivity contribution in [2.75, 3.05) is 0 Å². The summed E-state index contributed by atoms with van der Waals surface area (Å²) in [6.07, 6.45) is 16.6. The molecule has 0 aliphatic carbocycles. The zero-order valence-electron chi connectivity index (χ0n) is 10.2. The van der Waals surface area contributed by atoms with Crippen molar-refractivity contribution in [1.82, 2.24) is 0 Å². The summed E-state index contributed by atoms with van der Waals surface area (Å²) in [6, 6.07) is 0.